The molecule has 1 aliphatic heterocycles. The summed E-state index contributed by atoms with van der Waals surface area (Å²) in [4.78, 5) is 12.6. The molecule has 8 heteroatoms. The van der Waals surface area contributed by atoms with Gasteiger partial charge in [-0.1, -0.05) is 65.8 Å². The molecule has 1 aliphatic rings. The summed E-state index contributed by atoms with van der Waals surface area (Å²) in [7, 11) is 0. The van der Waals surface area contributed by atoms with E-state index in [1.54, 1.807) is 0 Å². The van der Waals surface area contributed by atoms with Crippen LogP contribution < -0.4 is 10.9 Å². The van der Waals surface area contributed by atoms with Crippen molar-refractivity contribution in [2.24, 2.45) is 0 Å². The van der Waals surface area contributed by atoms with Crippen LogP contribution in [0.2, 0.25) is 0 Å². The van der Waals surface area contributed by atoms with E-state index in [0.717, 1.165) is 16.7 Å². The quantitative estimate of drug-likeness (QED) is 0.577. The van der Waals surface area contributed by atoms with Crippen molar-refractivity contribution in [2.75, 3.05) is 5.32 Å². The summed E-state index contributed by atoms with van der Waals surface area (Å²) >= 11 is 0. The minimum atomic E-state index is -0.337. The van der Waals surface area contributed by atoms with Gasteiger partial charge >= 0.3 is 0 Å². The molecule has 0 unspecified atom stereocenters. The lowest BCUT2D eigenvalue weighted by molar-refractivity contribution is 0.728. The number of aromatic nitrogens is 6. The van der Waals surface area contributed by atoms with Crippen molar-refractivity contribution >= 4 is 5.95 Å². The summed E-state index contributed by atoms with van der Waals surface area (Å²) in [5, 5.41) is 21.9. The van der Waals surface area contributed by atoms with Crippen LogP contribution in [0.25, 0.3) is 16.9 Å². The second kappa shape index (κ2) is 5.62. The molecule has 2 N–H and O–H groups in total. The Morgan fingerprint density at radius 3 is 2.46 bits per heavy atom. The fourth-order valence-corrected chi connectivity index (χ4v) is 3.28. The molecule has 3 heterocycles. The second-order valence-corrected chi connectivity index (χ2v) is 5.93. The van der Waals surface area contributed by atoms with E-state index >= 15 is 0 Å². The molecule has 0 spiro atoms. The zero-order chi connectivity index (χ0) is 17.5. The van der Waals surface area contributed by atoms with Crippen LogP contribution in [0.4, 0.5) is 5.95 Å². The molecule has 1 atom stereocenters. The average Bonchev–Trinajstić information content (AvgIpc) is 3.17. The van der Waals surface area contributed by atoms with E-state index in [1.807, 2.05) is 60.7 Å². The van der Waals surface area contributed by atoms with Crippen LogP contribution in [0.15, 0.2) is 65.5 Å². The zero-order valence-electron chi connectivity index (χ0n) is 13.5. The number of nitrogens with zero attached hydrogens (tertiary/aromatic N) is 5. The van der Waals surface area contributed by atoms with Crippen molar-refractivity contribution in [3.05, 3.63) is 82.1 Å². The van der Waals surface area contributed by atoms with Crippen molar-refractivity contribution < 1.29 is 0 Å². The number of tetrazole rings is 1. The standard InChI is InChI=1S/C18H13N7O/c26-17-16-13(15(20-21-17)12-9-5-2-6-10-12)14(11-7-3-1-4-8-11)19-18-22-23-24-25(16)18/h1-10,14H,(H,21,26)(H,19,22,24)/t14-/m0/s1. The van der Waals surface area contributed by atoms with Crippen molar-refractivity contribution in [1.82, 2.24) is 30.4 Å². The van der Waals surface area contributed by atoms with Gasteiger partial charge < -0.3 is 5.32 Å². The van der Waals surface area contributed by atoms with Crippen molar-refractivity contribution in [3.63, 3.8) is 0 Å². The maximum Gasteiger partial charge on any atom is 0.290 e. The van der Waals surface area contributed by atoms with Crippen LogP contribution in [0.3, 0.4) is 0 Å². The lowest BCUT2D eigenvalue weighted by Crippen LogP contribution is -2.31. The van der Waals surface area contributed by atoms with E-state index in [1.165, 1.54) is 4.68 Å². The average molecular weight is 343 g/mol. The normalized spacial score (nSPS) is 15.0. The van der Waals surface area contributed by atoms with E-state index in [0.29, 0.717) is 17.3 Å². The molecule has 0 aliphatic carbocycles. The Bertz CT molecular complexity index is 1140. The summed E-state index contributed by atoms with van der Waals surface area (Å²) < 4.78 is 1.42. The third-order valence-electron chi connectivity index (χ3n) is 4.42. The lowest BCUT2D eigenvalue weighted by Gasteiger charge is -2.27. The van der Waals surface area contributed by atoms with Crippen molar-refractivity contribution in [1.29, 1.82) is 0 Å². The van der Waals surface area contributed by atoms with Crippen LogP contribution in [-0.4, -0.2) is 30.4 Å². The van der Waals surface area contributed by atoms with Crippen LogP contribution in [0.5, 0.6) is 0 Å². The maximum absolute atomic E-state index is 12.6. The molecule has 0 saturated carbocycles. The molecule has 26 heavy (non-hydrogen) atoms. The third kappa shape index (κ3) is 2.12. The maximum atomic E-state index is 12.6. The Labute approximate surface area is 147 Å². The molecule has 0 amide bonds. The van der Waals surface area contributed by atoms with Gasteiger partial charge in [0.25, 0.3) is 5.56 Å². The van der Waals surface area contributed by atoms with E-state index in [-0.39, 0.29) is 11.6 Å². The molecular formula is C18H13N7O. The first-order valence-electron chi connectivity index (χ1n) is 8.11. The van der Waals surface area contributed by atoms with Gasteiger partial charge in [-0.25, -0.2) is 5.10 Å². The number of rotatable bonds is 2. The molecule has 5 rings (SSSR count). The highest BCUT2D eigenvalue weighted by molar-refractivity contribution is 5.71. The summed E-state index contributed by atoms with van der Waals surface area (Å²) in [6.07, 6.45) is 0. The van der Waals surface area contributed by atoms with Crippen LogP contribution in [-0.2, 0) is 0 Å². The van der Waals surface area contributed by atoms with Crippen molar-refractivity contribution in [3.8, 4) is 16.9 Å². The fraction of sp³-hybridized carbons (Fsp3) is 0.0556. The Balaban J connectivity index is 1.85. The first kappa shape index (κ1) is 14.5. The Morgan fingerprint density at radius 2 is 1.69 bits per heavy atom. The second-order valence-electron chi connectivity index (χ2n) is 5.93. The fourth-order valence-electron chi connectivity index (χ4n) is 3.28. The molecule has 0 radical (unpaired) electrons. The van der Waals surface area contributed by atoms with Gasteiger partial charge in [0.15, 0.2) is 0 Å². The number of nitrogens with one attached hydrogen (secondary N) is 2. The zero-order valence-corrected chi connectivity index (χ0v) is 13.5. The molecule has 2 aromatic heterocycles. The molecular weight excluding hydrogens is 330 g/mol. The minimum Gasteiger partial charge on any atom is -0.342 e. The number of fused-ring (bicyclic) bond motifs is 3. The van der Waals surface area contributed by atoms with Crippen LogP contribution in [0.1, 0.15) is 17.2 Å². The summed E-state index contributed by atoms with van der Waals surface area (Å²) in [6.45, 7) is 0. The summed E-state index contributed by atoms with van der Waals surface area (Å²) in [5.41, 5.74) is 3.36. The van der Waals surface area contributed by atoms with E-state index < -0.39 is 0 Å². The third-order valence-corrected chi connectivity index (χ3v) is 4.42. The largest absolute Gasteiger partial charge is 0.342 e. The number of hydrogen-bond acceptors (Lipinski definition) is 6. The number of aromatic amines is 1. The molecule has 0 fully saturated rings. The predicted octanol–water partition coefficient (Wildman–Crippen LogP) is 1.93. The van der Waals surface area contributed by atoms with Crippen molar-refractivity contribution in [2.45, 2.75) is 6.04 Å². The van der Waals surface area contributed by atoms with Gasteiger partial charge in [0.05, 0.1) is 11.7 Å². The molecule has 0 saturated heterocycles. The molecule has 0 bridgehead atoms. The van der Waals surface area contributed by atoms with Crippen LogP contribution in [0, 0.1) is 0 Å². The van der Waals surface area contributed by atoms with E-state index in [4.69, 9.17) is 0 Å². The Morgan fingerprint density at radius 1 is 0.962 bits per heavy atom. The van der Waals surface area contributed by atoms with Gasteiger partial charge in [-0.15, -0.1) is 0 Å². The Hall–Kier alpha value is -3.81. The predicted molar refractivity (Wildman–Crippen MR) is 94.9 cm³/mol. The molecule has 8 nitrogen and oxygen atoms in total. The SMILES string of the molecule is O=c1[nH]nc(-c2ccccc2)c2c1-n1nnnc1N[C@H]2c1ccccc1. The summed E-state index contributed by atoms with van der Waals surface area (Å²) in [5.74, 6) is 0.419. The highest BCUT2D eigenvalue weighted by Gasteiger charge is 2.33. The topological polar surface area (TPSA) is 101 Å². The number of anilines is 1. The molecule has 4 aromatic rings. The van der Waals surface area contributed by atoms with Gasteiger partial charge in [-0.3, -0.25) is 4.79 Å². The molecule has 2 aromatic carbocycles. The van der Waals surface area contributed by atoms with Gasteiger partial charge in [0.2, 0.25) is 5.95 Å². The summed E-state index contributed by atoms with van der Waals surface area (Å²) in [6, 6.07) is 19.3. The van der Waals surface area contributed by atoms with Gasteiger partial charge in [0, 0.05) is 11.1 Å². The lowest BCUT2D eigenvalue weighted by atomic mass is 9.92. The highest BCUT2D eigenvalue weighted by atomic mass is 16.1. The van der Waals surface area contributed by atoms with Gasteiger partial charge in [0.1, 0.15) is 5.69 Å². The minimum absolute atomic E-state index is 0.297. The number of hydrogen-bond donors (Lipinski definition) is 2. The van der Waals surface area contributed by atoms with Gasteiger partial charge in [-0.2, -0.15) is 9.78 Å². The number of benzene rings is 2. The number of H-pyrrole nitrogens is 1. The monoisotopic (exact) mass is 343 g/mol. The van der Waals surface area contributed by atoms with E-state index in [2.05, 4.69) is 31.0 Å². The first-order valence-corrected chi connectivity index (χ1v) is 8.11. The highest BCUT2D eigenvalue weighted by Crippen LogP contribution is 2.38. The Kier molecular flexibility index (Phi) is 3.14. The first-order chi connectivity index (χ1) is 12.8. The molecule has 126 valence electrons. The van der Waals surface area contributed by atoms with Crippen LogP contribution >= 0.6 is 0 Å². The van der Waals surface area contributed by atoms with E-state index in [9.17, 15) is 4.79 Å². The smallest absolute Gasteiger partial charge is 0.290 e. The van der Waals surface area contributed by atoms with Gasteiger partial charge in [-0.05, 0) is 16.0 Å².